The summed E-state index contributed by atoms with van der Waals surface area (Å²) in [6, 6.07) is 12.7. The van der Waals surface area contributed by atoms with Crippen LogP contribution in [0.3, 0.4) is 0 Å². The molecule has 0 fully saturated rings. The minimum absolute atomic E-state index is 0.187. The number of amides is 2. The molecule has 4 N–H and O–H groups in total. The van der Waals surface area contributed by atoms with E-state index in [0.29, 0.717) is 23.4 Å². The third-order valence-corrected chi connectivity index (χ3v) is 6.94. The van der Waals surface area contributed by atoms with E-state index in [-0.39, 0.29) is 17.8 Å². The van der Waals surface area contributed by atoms with E-state index in [1.807, 2.05) is 24.3 Å². The molecule has 0 saturated carbocycles. The van der Waals surface area contributed by atoms with Crippen molar-refractivity contribution in [1.29, 1.82) is 0 Å². The Balaban J connectivity index is 1.28. The minimum Gasteiger partial charge on any atom is -0.368 e. The molecule has 10 heteroatoms. The van der Waals surface area contributed by atoms with E-state index in [1.54, 1.807) is 36.8 Å². The van der Waals surface area contributed by atoms with Gasteiger partial charge in [0.1, 0.15) is 5.01 Å². The number of anilines is 2. The summed E-state index contributed by atoms with van der Waals surface area (Å²) in [5, 5.41) is 6.55. The van der Waals surface area contributed by atoms with Gasteiger partial charge in [-0.25, -0.2) is 15.0 Å². The molecule has 1 aliphatic heterocycles. The Hall–Kier alpha value is -3.76. The van der Waals surface area contributed by atoms with E-state index < -0.39 is 0 Å². The van der Waals surface area contributed by atoms with Gasteiger partial charge in [-0.2, -0.15) is 0 Å². The van der Waals surface area contributed by atoms with Crippen LogP contribution in [0.4, 0.5) is 11.6 Å². The molecule has 1 aliphatic rings. The van der Waals surface area contributed by atoms with Gasteiger partial charge in [-0.3, -0.25) is 9.59 Å². The standard InChI is InChI=1S/C22H16N6O2S2/c23-22-26-8-13(9-27-22)21-25-11-14(31-21)10-24-19(29)12-5-6-18-16(7-12)28-20(30)15-3-1-2-4-17(15)32-18/h1-9,11H,10H2,(H,24,29)(H,28,30)(H2,23,26,27). The van der Waals surface area contributed by atoms with Crippen molar-refractivity contribution in [2.75, 3.05) is 11.1 Å². The molecule has 0 saturated heterocycles. The Bertz CT molecular complexity index is 1340. The third kappa shape index (κ3) is 4.05. The predicted molar refractivity (Wildman–Crippen MR) is 124 cm³/mol. The molecular formula is C22H16N6O2S2. The van der Waals surface area contributed by atoms with E-state index in [1.165, 1.54) is 23.1 Å². The van der Waals surface area contributed by atoms with Gasteiger partial charge in [-0.05, 0) is 30.3 Å². The highest BCUT2D eigenvalue weighted by atomic mass is 32.2. The number of fused-ring (bicyclic) bond motifs is 2. The molecule has 0 radical (unpaired) electrons. The van der Waals surface area contributed by atoms with Crippen LogP contribution in [0.25, 0.3) is 10.6 Å². The van der Waals surface area contributed by atoms with Crippen molar-refractivity contribution in [3.8, 4) is 10.6 Å². The second-order valence-corrected chi connectivity index (χ2v) is 9.11. The molecule has 3 heterocycles. The van der Waals surface area contributed by atoms with Crippen LogP contribution in [0.5, 0.6) is 0 Å². The number of carbonyl (C=O) groups is 2. The first-order chi connectivity index (χ1) is 15.6. The first-order valence-corrected chi connectivity index (χ1v) is 11.2. The Kier molecular flexibility index (Phi) is 5.29. The molecule has 2 amide bonds. The maximum atomic E-state index is 12.7. The monoisotopic (exact) mass is 460 g/mol. The normalized spacial score (nSPS) is 12.3. The Morgan fingerprint density at radius 3 is 2.69 bits per heavy atom. The van der Waals surface area contributed by atoms with E-state index in [2.05, 4.69) is 25.6 Å². The number of hydrogen-bond acceptors (Lipinski definition) is 8. The second-order valence-electron chi connectivity index (χ2n) is 6.91. The Morgan fingerprint density at radius 2 is 1.84 bits per heavy atom. The fourth-order valence-electron chi connectivity index (χ4n) is 3.15. The number of rotatable bonds is 4. The highest BCUT2D eigenvalue weighted by molar-refractivity contribution is 7.99. The van der Waals surface area contributed by atoms with Gasteiger partial charge < -0.3 is 16.4 Å². The number of benzene rings is 2. The fourth-order valence-corrected chi connectivity index (χ4v) is 4.99. The van der Waals surface area contributed by atoms with Gasteiger partial charge in [0, 0.05) is 44.4 Å². The lowest BCUT2D eigenvalue weighted by Crippen LogP contribution is -2.22. The molecule has 32 heavy (non-hydrogen) atoms. The summed E-state index contributed by atoms with van der Waals surface area (Å²) in [7, 11) is 0. The second kappa shape index (κ2) is 8.40. The molecule has 2 aromatic carbocycles. The van der Waals surface area contributed by atoms with Crippen molar-refractivity contribution in [3.63, 3.8) is 0 Å². The summed E-state index contributed by atoms with van der Waals surface area (Å²) in [5.41, 5.74) is 7.98. The summed E-state index contributed by atoms with van der Waals surface area (Å²) >= 11 is 2.94. The lowest BCUT2D eigenvalue weighted by atomic mass is 10.1. The van der Waals surface area contributed by atoms with Crippen molar-refractivity contribution in [2.45, 2.75) is 16.3 Å². The van der Waals surface area contributed by atoms with Crippen molar-refractivity contribution < 1.29 is 9.59 Å². The van der Waals surface area contributed by atoms with Gasteiger partial charge >= 0.3 is 0 Å². The smallest absolute Gasteiger partial charge is 0.256 e. The van der Waals surface area contributed by atoms with Crippen LogP contribution in [0.15, 0.2) is 70.8 Å². The van der Waals surface area contributed by atoms with E-state index in [0.717, 1.165) is 25.2 Å². The maximum Gasteiger partial charge on any atom is 0.256 e. The fraction of sp³-hybridized carbons (Fsp3) is 0.0455. The average Bonchev–Trinajstić information content (AvgIpc) is 3.23. The summed E-state index contributed by atoms with van der Waals surface area (Å²) in [5.74, 6) is -0.218. The van der Waals surface area contributed by atoms with E-state index >= 15 is 0 Å². The van der Waals surface area contributed by atoms with Crippen molar-refractivity contribution >= 4 is 46.5 Å². The molecule has 4 aromatic rings. The van der Waals surface area contributed by atoms with Crippen LogP contribution in [0, 0.1) is 0 Å². The largest absolute Gasteiger partial charge is 0.368 e. The molecule has 0 aliphatic carbocycles. The van der Waals surface area contributed by atoms with E-state index in [9.17, 15) is 9.59 Å². The zero-order chi connectivity index (χ0) is 22.1. The lowest BCUT2D eigenvalue weighted by molar-refractivity contribution is 0.0949. The Morgan fingerprint density at radius 1 is 1.03 bits per heavy atom. The minimum atomic E-state index is -0.237. The first-order valence-electron chi connectivity index (χ1n) is 9.60. The number of thiazole rings is 1. The molecular weight excluding hydrogens is 444 g/mol. The molecule has 0 bridgehead atoms. The molecule has 0 atom stereocenters. The zero-order valence-electron chi connectivity index (χ0n) is 16.5. The number of aromatic nitrogens is 3. The highest BCUT2D eigenvalue weighted by Gasteiger charge is 2.20. The molecule has 2 aromatic heterocycles. The molecule has 158 valence electrons. The van der Waals surface area contributed by atoms with Gasteiger partial charge in [0.15, 0.2) is 0 Å². The van der Waals surface area contributed by atoms with Gasteiger partial charge in [0.2, 0.25) is 5.95 Å². The average molecular weight is 461 g/mol. The predicted octanol–water partition coefficient (Wildman–Crippen LogP) is 3.83. The van der Waals surface area contributed by atoms with Crippen molar-refractivity contribution in [3.05, 3.63) is 77.1 Å². The number of nitrogens with one attached hydrogen (secondary N) is 2. The van der Waals surface area contributed by atoms with Gasteiger partial charge in [0.05, 0.1) is 17.8 Å². The van der Waals surface area contributed by atoms with Crippen LogP contribution in [-0.4, -0.2) is 26.8 Å². The zero-order valence-corrected chi connectivity index (χ0v) is 18.2. The quantitative estimate of drug-likeness (QED) is 0.423. The number of nitrogen functional groups attached to an aromatic ring is 1. The summed E-state index contributed by atoms with van der Waals surface area (Å²) < 4.78 is 0. The highest BCUT2D eigenvalue weighted by Crippen LogP contribution is 2.39. The molecule has 5 rings (SSSR count). The third-order valence-electron chi connectivity index (χ3n) is 4.74. The maximum absolute atomic E-state index is 12.7. The van der Waals surface area contributed by atoms with E-state index in [4.69, 9.17) is 5.73 Å². The van der Waals surface area contributed by atoms with Crippen LogP contribution in [0.2, 0.25) is 0 Å². The summed E-state index contributed by atoms with van der Waals surface area (Å²) in [6.07, 6.45) is 4.94. The molecule has 0 unspecified atom stereocenters. The number of hydrogen-bond donors (Lipinski definition) is 3. The van der Waals surface area contributed by atoms with Crippen LogP contribution in [-0.2, 0) is 6.54 Å². The SMILES string of the molecule is Nc1ncc(-c2ncc(CNC(=O)c3ccc4c(c3)NC(=O)c3ccccc3S4)s2)cn1. The summed E-state index contributed by atoms with van der Waals surface area (Å²) in [6.45, 7) is 0.329. The Labute approximate surface area is 191 Å². The lowest BCUT2D eigenvalue weighted by Gasteiger charge is -2.09. The number of nitrogens with two attached hydrogens (primary N) is 1. The number of carbonyl (C=O) groups excluding carboxylic acids is 2. The van der Waals surface area contributed by atoms with Gasteiger partial charge in [0.25, 0.3) is 11.8 Å². The topological polar surface area (TPSA) is 123 Å². The number of nitrogens with zero attached hydrogens (tertiary/aromatic N) is 3. The van der Waals surface area contributed by atoms with Crippen LogP contribution >= 0.6 is 23.1 Å². The van der Waals surface area contributed by atoms with Crippen LogP contribution in [0.1, 0.15) is 25.6 Å². The molecule has 0 spiro atoms. The van der Waals surface area contributed by atoms with Crippen LogP contribution < -0.4 is 16.4 Å². The molecule has 8 nitrogen and oxygen atoms in total. The first kappa shape index (κ1) is 20.2. The van der Waals surface area contributed by atoms with Crippen molar-refractivity contribution in [2.24, 2.45) is 0 Å². The van der Waals surface area contributed by atoms with Crippen molar-refractivity contribution in [1.82, 2.24) is 20.3 Å². The van der Waals surface area contributed by atoms with Gasteiger partial charge in [-0.1, -0.05) is 23.9 Å². The summed E-state index contributed by atoms with van der Waals surface area (Å²) in [4.78, 5) is 40.2. The van der Waals surface area contributed by atoms with Gasteiger partial charge in [-0.15, -0.1) is 11.3 Å².